The van der Waals surface area contributed by atoms with Gasteiger partial charge < -0.3 is 5.32 Å². The third kappa shape index (κ3) is 3.31. The zero-order chi connectivity index (χ0) is 20.5. The summed E-state index contributed by atoms with van der Waals surface area (Å²) in [7, 11) is 0. The second kappa shape index (κ2) is 7.26. The first-order chi connectivity index (χ1) is 14.7. The highest BCUT2D eigenvalue weighted by Crippen LogP contribution is 2.26. The van der Waals surface area contributed by atoms with Crippen LogP contribution >= 0.6 is 0 Å². The van der Waals surface area contributed by atoms with E-state index in [9.17, 15) is 4.39 Å². The molecule has 7 heteroatoms. The summed E-state index contributed by atoms with van der Waals surface area (Å²) < 4.78 is 15.3. The first kappa shape index (κ1) is 17.8. The van der Waals surface area contributed by atoms with Crippen molar-refractivity contribution in [3.63, 3.8) is 0 Å². The Morgan fingerprint density at radius 3 is 2.83 bits per heavy atom. The minimum absolute atomic E-state index is 0.255. The molecule has 0 aliphatic heterocycles. The summed E-state index contributed by atoms with van der Waals surface area (Å²) in [6, 6.07) is 19.9. The van der Waals surface area contributed by atoms with E-state index in [1.54, 1.807) is 24.4 Å². The number of rotatable bonds is 4. The van der Waals surface area contributed by atoms with Gasteiger partial charge in [0.15, 0.2) is 0 Å². The molecule has 0 spiro atoms. The lowest BCUT2D eigenvalue weighted by molar-refractivity contribution is 0.621. The molecule has 0 saturated carbocycles. The van der Waals surface area contributed by atoms with Gasteiger partial charge in [-0.1, -0.05) is 12.1 Å². The third-order valence-corrected chi connectivity index (χ3v) is 4.89. The van der Waals surface area contributed by atoms with Gasteiger partial charge in [0.25, 0.3) is 0 Å². The van der Waals surface area contributed by atoms with Gasteiger partial charge in [0, 0.05) is 16.5 Å². The van der Waals surface area contributed by atoms with Gasteiger partial charge in [0.1, 0.15) is 18.0 Å². The molecule has 0 aliphatic carbocycles. The summed E-state index contributed by atoms with van der Waals surface area (Å²) in [6.07, 6.45) is 3.26. The van der Waals surface area contributed by atoms with Crippen LogP contribution in [-0.4, -0.2) is 19.7 Å². The largest absolute Gasteiger partial charge is 0.340 e. The molecule has 0 amide bonds. The molecule has 0 radical (unpaired) electrons. The number of fused-ring (bicyclic) bond motifs is 2. The van der Waals surface area contributed by atoms with Gasteiger partial charge in [0.05, 0.1) is 35.4 Å². The van der Waals surface area contributed by atoms with Crippen LogP contribution in [0, 0.1) is 17.1 Å². The van der Waals surface area contributed by atoms with Gasteiger partial charge in [-0.2, -0.15) is 10.4 Å². The highest BCUT2D eigenvalue weighted by atomic mass is 19.1. The Morgan fingerprint density at radius 2 is 1.97 bits per heavy atom. The van der Waals surface area contributed by atoms with Crippen LogP contribution < -0.4 is 5.32 Å². The van der Waals surface area contributed by atoms with E-state index < -0.39 is 0 Å². The van der Waals surface area contributed by atoms with Gasteiger partial charge in [-0.3, -0.25) is 4.68 Å². The van der Waals surface area contributed by atoms with E-state index >= 15 is 0 Å². The maximum atomic E-state index is 13.5. The molecule has 5 aromatic rings. The molecule has 5 rings (SSSR count). The Balaban J connectivity index is 1.45. The zero-order valence-electron chi connectivity index (χ0n) is 15.7. The zero-order valence-corrected chi connectivity index (χ0v) is 15.7. The van der Waals surface area contributed by atoms with Crippen molar-refractivity contribution in [2.45, 2.75) is 6.54 Å². The molecule has 0 atom stereocenters. The highest BCUT2D eigenvalue weighted by Gasteiger charge is 2.08. The second-order valence-electron chi connectivity index (χ2n) is 6.90. The molecular weight excluding hydrogens is 379 g/mol. The fraction of sp³-hybridized carbons (Fsp3) is 0.0435. The van der Waals surface area contributed by atoms with Crippen LogP contribution in [0.4, 0.5) is 15.9 Å². The third-order valence-electron chi connectivity index (χ3n) is 4.89. The quantitative estimate of drug-likeness (QED) is 0.474. The van der Waals surface area contributed by atoms with Crippen molar-refractivity contribution in [3.8, 4) is 6.07 Å². The monoisotopic (exact) mass is 394 g/mol. The maximum Gasteiger partial charge on any atom is 0.141 e. The summed E-state index contributed by atoms with van der Waals surface area (Å²) >= 11 is 0. The van der Waals surface area contributed by atoms with Gasteiger partial charge >= 0.3 is 0 Å². The molecule has 144 valence electrons. The topological polar surface area (TPSA) is 79.4 Å². The number of hydrogen-bond acceptors (Lipinski definition) is 5. The molecule has 1 N–H and O–H groups in total. The minimum atomic E-state index is -0.255. The Morgan fingerprint density at radius 1 is 1.03 bits per heavy atom. The molecule has 0 aliphatic rings. The number of nitrogens with zero attached hydrogens (tertiary/aromatic N) is 5. The van der Waals surface area contributed by atoms with Gasteiger partial charge in [-0.15, -0.1) is 0 Å². The predicted molar refractivity (Wildman–Crippen MR) is 113 cm³/mol. The molecule has 2 aromatic heterocycles. The van der Waals surface area contributed by atoms with E-state index in [-0.39, 0.29) is 5.82 Å². The maximum absolute atomic E-state index is 13.5. The Kier molecular flexibility index (Phi) is 4.30. The number of benzene rings is 3. The average molecular weight is 394 g/mol. The van der Waals surface area contributed by atoms with Crippen molar-refractivity contribution in [2.75, 3.05) is 5.32 Å². The lowest BCUT2D eigenvalue weighted by Crippen LogP contribution is -2.01. The number of nitriles is 1. The van der Waals surface area contributed by atoms with Crippen LogP contribution in [0.25, 0.3) is 21.8 Å². The smallest absolute Gasteiger partial charge is 0.141 e. The predicted octanol–water partition coefficient (Wildman–Crippen LogP) is 4.78. The molecule has 0 saturated heterocycles. The van der Waals surface area contributed by atoms with Crippen molar-refractivity contribution in [3.05, 3.63) is 90.1 Å². The van der Waals surface area contributed by atoms with Crippen LogP contribution in [0.15, 0.2) is 73.2 Å². The van der Waals surface area contributed by atoms with E-state index in [1.807, 2.05) is 35.0 Å². The normalized spacial score (nSPS) is 10.9. The molecule has 6 nitrogen and oxygen atoms in total. The standard InChI is InChI=1S/C23H15FN6/c24-18-3-1-2-16(8-18)13-30-22-7-5-19(10-17(22)12-28-30)29-23-20-6-4-15(11-25)9-21(20)26-14-27-23/h1-10,12,14H,13H2,(H,26,27,29). The highest BCUT2D eigenvalue weighted by molar-refractivity contribution is 5.92. The number of hydrogen-bond donors (Lipinski definition) is 1. The van der Waals surface area contributed by atoms with Gasteiger partial charge in [0.2, 0.25) is 0 Å². The number of nitrogens with one attached hydrogen (secondary N) is 1. The summed E-state index contributed by atoms with van der Waals surface area (Å²) in [5, 5.41) is 18.6. The molecule has 30 heavy (non-hydrogen) atoms. The minimum Gasteiger partial charge on any atom is -0.340 e. The fourth-order valence-corrected chi connectivity index (χ4v) is 3.46. The summed E-state index contributed by atoms with van der Waals surface area (Å²) in [5.74, 6) is 0.408. The molecule has 2 heterocycles. The van der Waals surface area contributed by atoms with Crippen molar-refractivity contribution in [2.24, 2.45) is 0 Å². The SMILES string of the molecule is N#Cc1ccc2c(Nc3ccc4c(cnn4Cc4cccc(F)c4)c3)ncnc2c1. The molecular formula is C23H15FN6. The van der Waals surface area contributed by atoms with Gasteiger partial charge in [-0.05, 0) is 54.1 Å². The van der Waals surface area contributed by atoms with Crippen molar-refractivity contribution >= 4 is 33.3 Å². The fourth-order valence-electron chi connectivity index (χ4n) is 3.46. The second-order valence-corrected chi connectivity index (χ2v) is 6.90. The summed E-state index contributed by atoms with van der Waals surface area (Å²) in [6.45, 7) is 0.492. The van der Waals surface area contributed by atoms with E-state index in [2.05, 4.69) is 26.5 Å². The van der Waals surface area contributed by atoms with E-state index in [0.717, 1.165) is 27.5 Å². The van der Waals surface area contributed by atoms with Crippen molar-refractivity contribution < 1.29 is 4.39 Å². The van der Waals surface area contributed by atoms with Gasteiger partial charge in [-0.25, -0.2) is 14.4 Å². The molecule has 0 bridgehead atoms. The molecule has 0 unspecified atom stereocenters. The van der Waals surface area contributed by atoms with Crippen LogP contribution in [0.5, 0.6) is 0 Å². The lowest BCUT2D eigenvalue weighted by atomic mass is 10.1. The van der Waals surface area contributed by atoms with E-state index in [0.29, 0.717) is 23.4 Å². The van der Waals surface area contributed by atoms with Crippen molar-refractivity contribution in [1.82, 2.24) is 19.7 Å². The number of halogens is 1. The van der Waals surface area contributed by atoms with Crippen LogP contribution in [0.3, 0.4) is 0 Å². The Bertz CT molecular complexity index is 1430. The first-order valence-electron chi connectivity index (χ1n) is 9.31. The lowest BCUT2D eigenvalue weighted by Gasteiger charge is -2.09. The van der Waals surface area contributed by atoms with E-state index in [4.69, 9.17) is 5.26 Å². The van der Waals surface area contributed by atoms with Crippen LogP contribution in [-0.2, 0) is 6.54 Å². The molecule has 0 fully saturated rings. The van der Waals surface area contributed by atoms with Crippen LogP contribution in [0.1, 0.15) is 11.1 Å². The van der Waals surface area contributed by atoms with E-state index in [1.165, 1.54) is 18.5 Å². The molecule has 3 aromatic carbocycles. The summed E-state index contributed by atoms with van der Waals surface area (Å²) in [4.78, 5) is 8.59. The Hall–Kier alpha value is -4.31. The van der Waals surface area contributed by atoms with Crippen LogP contribution in [0.2, 0.25) is 0 Å². The first-order valence-corrected chi connectivity index (χ1v) is 9.31. The number of anilines is 2. The summed E-state index contributed by atoms with van der Waals surface area (Å²) in [5.41, 5.74) is 3.93. The number of aromatic nitrogens is 4. The Labute approximate surface area is 171 Å². The average Bonchev–Trinajstić information content (AvgIpc) is 3.15. The van der Waals surface area contributed by atoms with Crippen molar-refractivity contribution in [1.29, 1.82) is 5.26 Å².